The van der Waals surface area contributed by atoms with E-state index >= 15 is 0 Å². The van der Waals surface area contributed by atoms with Gasteiger partial charge >= 0.3 is 6.09 Å². The molecule has 1 saturated heterocycles. The number of rotatable bonds is 5. The number of nitrogens with zero attached hydrogens (tertiary/aromatic N) is 3. The Kier molecular flexibility index (Phi) is 4.91. The number of ether oxygens (including phenoxy) is 1. The molecule has 1 aliphatic carbocycles. The molecular weight excluding hydrogens is 417 g/mol. The summed E-state index contributed by atoms with van der Waals surface area (Å²) in [4.78, 5) is 30.3. The fourth-order valence-corrected chi connectivity index (χ4v) is 4.49. The monoisotopic (exact) mass is 439 g/mol. The predicted octanol–water partition coefficient (Wildman–Crippen LogP) is 2.62. The van der Waals surface area contributed by atoms with Gasteiger partial charge in [0, 0.05) is 43.0 Å². The average Bonchev–Trinajstić information content (AvgIpc) is 3.21. The highest BCUT2D eigenvalue weighted by molar-refractivity contribution is 5.91. The van der Waals surface area contributed by atoms with Crippen LogP contribution in [0.1, 0.15) is 29.1 Å². The first-order valence-corrected chi connectivity index (χ1v) is 10.4. The summed E-state index contributed by atoms with van der Waals surface area (Å²) in [6.07, 6.45) is 1.23. The molecule has 2 amide bonds. The molecule has 1 aliphatic heterocycles. The van der Waals surface area contributed by atoms with Gasteiger partial charge in [0.05, 0.1) is 5.52 Å². The van der Waals surface area contributed by atoms with E-state index in [0.29, 0.717) is 5.76 Å². The van der Waals surface area contributed by atoms with E-state index in [-0.39, 0.29) is 35.5 Å². The zero-order valence-electron chi connectivity index (χ0n) is 17.4. The molecular formula is C22H22FN5O4. The highest BCUT2D eigenvalue weighted by Crippen LogP contribution is 2.49. The lowest BCUT2D eigenvalue weighted by Crippen LogP contribution is -2.66. The van der Waals surface area contributed by atoms with Crippen molar-refractivity contribution in [3.8, 4) is 0 Å². The van der Waals surface area contributed by atoms with E-state index in [1.54, 1.807) is 6.07 Å². The highest BCUT2D eigenvalue weighted by Gasteiger charge is 2.53. The molecule has 2 N–H and O–H groups in total. The second-order valence-corrected chi connectivity index (χ2v) is 8.45. The largest absolute Gasteiger partial charge is 0.441 e. The molecule has 0 atom stereocenters. The molecule has 9 nitrogen and oxygen atoms in total. The van der Waals surface area contributed by atoms with Crippen molar-refractivity contribution in [2.45, 2.75) is 25.5 Å². The molecule has 3 heterocycles. The molecule has 1 aromatic carbocycles. The van der Waals surface area contributed by atoms with Gasteiger partial charge in [0.2, 0.25) is 0 Å². The van der Waals surface area contributed by atoms with Crippen molar-refractivity contribution in [3.63, 3.8) is 0 Å². The molecule has 2 aromatic heterocycles. The maximum Gasteiger partial charge on any atom is 0.407 e. The number of pyridine rings is 1. The quantitative estimate of drug-likeness (QED) is 0.629. The summed E-state index contributed by atoms with van der Waals surface area (Å²) in [5.74, 6) is 0.542. The van der Waals surface area contributed by atoms with Crippen LogP contribution in [0.25, 0.3) is 10.9 Å². The first-order valence-electron chi connectivity index (χ1n) is 10.4. The molecule has 0 unspecified atom stereocenters. The molecule has 3 aromatic rings. The average molecular weight is 439 g/mol. The summed E-state index contributed by atoms with van der Waals surface area (Å²) in [5.41, 5.74) is 1.09. The Bertz CT molecular complexity index is 1180. The maximum atomic E-state index is 13.3. The number of halogens is 1. The number of nitrogens with one attached hydrogen (secondary N) is 2. The van der Waals surface area contributed by atoms with Crippen LogP contribution in [0.5, 0.6) is 0 Å². The number of amides is 2. The van der Waals surface area contributed by atoms with Crippen LogP contribution in [-0.2, 0) is 11.3 Å². The van der Waals surface area contributed by atoms with Crippen molar-refractivity contribution in [3.05, 3.63) is 53.7 Å². The summed E-state index contributed by atoms with van der Waals surface area (Å²) < 4.78 is 23.5. The van der Waals surface area contributed by atoms with E-state index in [2.05, 4.69) is 25.7 Å². The lowest BCUT2D eigenvalue weighted by Gasteiger charge is -2.59. The Morgan fingerprint density at radius 1 is 1.25 bits per heavy atom. The summed E-state index contributed by atoms with van der Waals surface area (Å²) in [6, 6.07) is 9.89. The first kappa shape index (κ1) is 20.2. The van der Waals surface area contributed by atoms with Gasteiger partial charge in [-0.1, -0.05) is 5.16 Å². The lowest BCUT2D eigenvalue weighted by molar-refractivity contribution is 0.0417. The summed E-state index contributed by atoms with van der Waals surface area (Å²) >= 11 is 0. The van der Waals surface area contributed by atoms with Gasteiger partial charge in [0.1, 0.15) is 11.6 Å². The van der Waals surface area contributed by atoms with Gasteiger partial charge in [-0.15, -0.1) is 0 Å². The van der Waals surface area contributed by atoms with E-state index in [1.807, 2.05) is 12.1 Å². The van der Waals surface area contributed by atoms with Gasteiger partial charge in [-0.2, -0.15) is 0 Å². The second kappa shape index (κ2) is 7.77. The van der Waals surface area contributed by atoms with E-state index in [0.717, 1.165) is 42.7 Å². The third kappa shape index (κ3) is 3.83. The molecule has 0 bridgehead atoms. The van der Waals surface area contributed by atoms with Crippen LogP contribution >= 0.6 is 0 Å². The van der Waals surface area contributed by atoms with Crippen molar-refractivity contribution in [1.82, 2.24) is 20.8 Å². The van der Waals surface area contributed by atoms with Crippen LogP contribution in [0.2, 0.25) is 0 Å². The molecule has 32 heavy (non-hydrogen) atoms. The second-order valence-electron chi connectivity index (χ2n) is 8.45. The SMILES string of the molecule is CNC(=O)c1cc(COC(=O)NC2CC3(C2)CN(c2ccc4cc(F)ccc4n2)C3)on1. The molecule has 166 valence electrons. The third-order valence-electron chi connectivity index (χ3n) is 6.06. The number of hydrogen-bond acceptors (Lipinski definition) is 7. The highest BCUT2D eigenvalue weighted by atomic mass is 19.1. The van der Waals surface area contributed by atoms with Crippen molar-refractivity contribution in [2.24, 2.45) is 5.41 Å². The smallest absolute Gasteiger partial charge is 0.407 e. The number of aromatic nitrogens is 2. The Morgan fingerprint density at radius 3 is 2.84 bits per heavy atom. The fraction of sp³-hybridized carbons (Fsp3) is 0.364. The van der Waals surface area contributed by atoms with Crippen LogP contribution in [0.3, 0.4) is 0 Å². The maximum absolute atomic E-state index is 13.3. The Labute approximate surface area is 182 Å². The lowest BCUT2D eigenvalue weighted by atomic mass is 9.60. The van der Waals surface area contributed by atoms with E-state index in [1.165, 1.54) is 25.2 Å². The van der Waals surface area contributed by atoms with Crippen LogP contribution < -0.4 is 15.5 Å². The van der Waals surface area contributed by atoms with Crippen molar-refractivity contribution < 1.29 is 23.2 Å². The van der Waals surface area contributed by atoms with Crippen molar-refractivity contribution in [1.29, 1.82) is 0 Å². The van der Waals surface area contributed by atoms with Gasteiger partial charge < -0.3 is 24.8 Å². The number of fused-ring (bicyclic) bond motifs is 1. The Morgan fingerprint density at radius 2 is 2.06 bits per heavy atom. The van der Waals surface area contributed by atoms with Crippen molar-refractivity contribution in [2.75, 3.05) is 25.0 Å². The molecule has 0 radical (unpaired) electrons. The van der Waals surface area contributed by atoms with Gasteiger partial charge in [0.15, 0.2) is 18.1 Å². The van der Waals surface area contributed by atoms with Gasteiger partial charge in [-0.25, -0.2) is 14.2 Å². The van der Waals surface area contributed by atoms with Crippen LogP contribution in [-0.4, -0.2) is 48.3 Å². The minimum Gasteiger partial charge on any atom is -0.441 e. The van der Waals surface area contributed by atoms with Crippen LogP contribution in [0, 0.1) is 11.2 Å². The molecule has 2 fully saturated rings. The molecule has 2 aliphatic rings. The van der Waals surface area contributed by atoms with Gasteiger partial charge in [-0.3, -0.25) is 4.79 Å². The van der Waals surface area contributed by atoms with E-state index < -0.39 is 6.09 Å². The number of carbonyl (C=O) groups is 2. The predicted molar refractivity (Wildman–Crippen MR) is 113 cm³/mol. The minimum absolute atomic E-state index is 0.0633. The van der Waals surface area contributed by atoms with Gasteiger partial charge in [0.25, 0.3) is 5.91 Å². The number of hydrogen-bond donors (Lipinski definition) is 2. The first-order chi connectivity index (χ1) is 15.4. The van der Waals surface area contributed by atoms with Gasteiger partial charge in [-0.05, 0) is 43.2 Å². The third-order valence-corrected chi connectivity index (χ3v) is 6.06. The molecule has 5 rings (SSSR count). The fourth-order valence-electron chi connectivity index (χ4n) is 4.49. The topological polar surface area (TPSA) is 110 Å². The minimum atomic E-state index is -0.526. The molecule has 1 spiro atoms. The Balaban J connectivity index is 1.07. The zero-order chi connectivity index (χ0) is 22.3. The molecule has 10 heteroatoms. The number of benzene rings is 1. The van der Waals surface area contributed by atoms with Crippen LogP contribution in [0.15, 0.2) is 40.9 Å². The normalized spacial score (nSPS) is 17.0. The summed E-state index contributed by atoms with van der Waals surface area (Å²) in [6.45, 7) is 1.65. The zero-order valence-corrected chi connectivity index (χ0v) is 17.4. The standard InChI is InChI=1S/C22H22FN5O4/c1-24-20(29)18-7-16(32-27-18)10-31-21(30)25-15-8-22(9-15)11-28(12-22)19-5-2-13-6-14(23)3-4-17(13)26-19/h2-7,15H,8-12H2,1H3,(H,24,29)(H,25,30). The van der Waals surface area contributed by atoms with E-state index in [9.17, 15) is 14.0 Å². The Hall–Kier alpha value is -3.69. The van der Waals surface area contributed by atoms with E-state index in [4.69, 9.17) is 9.26 Å². The van der Waals surface area contributed by atoms with Crippen molar-refractivity contribution >= 4 is 28.7 Å². The number of carbonyl (C=O) groups excluding carboxylic acids is 2. The summed E-state index contributed by atoms with van der Waals surface area (Å²) in [5, 5.41) is 9.70. The molecule has 1 saturated carbocycles. The summed E-state index contributed by atoms with van der Waals surface area (Å²) in [7, 11) is 1.49. The number of anilines is 1. The van der Waals surface area contributed by atoms with Crippen LogP contribution in [0.4, 0.5) is 15.0 Å². The number of alkyl carbamates (subject to hydrolysis) is 1.